The van der Waals surface area contributed by atoms with E-state index in [9.17, 15) is 4.79 Å². The molecule has 1 aromatic carbocycles. The summed E-state index contributed by atoms with van der Waals surface area (Å²) in [5.41, 5.74) is 6.87. The summed E-state index contributed by atoms with van der Waals surface area (Å²) in [5, 5.41) is 2.76. The molecule has 0 fully saturated rings. The van der Waals surface area contributed by atoms with Crippen LogP contribution in [-0.4, -0.2) is 25.1 Å². The van der Waals surface area contributed by atoms with E-state index in [1.54, 1.807) is 0 Å². The Morgan fingerprint density at radius 1 is 1.44 bits per heavy atom. The fraction of sp³-hybridized carbons (Fsp3) is 0.500. The summed E-state index contributed by atoms with van der Waals surface area (Å²) in [6.07, 6.45) is 0. The van der Waals surface area contributed by atoms with Crippen LogP contribution in [0, 0.1) is 12.8 Å². The van der Waals surface area contributed by atoms with E-state index in [1.807, 2.05) is 45.0 Å². The van der Waals surface area contributed by atoms with Crippen LogP contribution in [0.2, 0.25) is 0 Å². The van der Waals surface area contributed by atoms with Crippen molar-refractivity contribution in [2.24, 2.45) is 11.7 Å². The first-order chi connectivity index (χ1) is 8.50. The molecule has 1 amide bonds. The molecule has 3 N–H and O–H groups in total. The number of carbonyl (C=O) groups is 1. The molecular weight excluding hydrogens is 228 g/mol. The number of nitrogens with two attached hydrogens (primary N) is 1. The van der Waals surface area contributed by atoms with Crippen molar-refractivity contribution >= 4 is 5.91 Å². The van der Waals surface area contributed by atoms with Gasteiger partial charge in [0.1, 0.15) is 12.4 Å². The zero-order chi connectivity index (χ0) is 13.5. The van der Waals surface area contributed by atoms with Gasteiger partial charge in [0.15, 0.2) is 0 Å². The first-order valence-electron chi connectivity index (χ1n) is 6.23. The SMILES string of the molecule is Cc1cccc(OCCNC(=O)C(N)C(C)C)c1. The normalized spacial score (nSPS) is 12.3. The molecule has 0 saturated heterocycles. The predicted octanol–water partition coefficient (Wildman–Crippen LogP) is 1.47. The second-order valence-electron chi connectivity index (χ2n) is 4.73. The molecular formula is C14H22N2O2. The lowest BCUT2D eigenvalue weighted by Gasteiger charge is -2.15. The Kier molecular flexibility index (Phi) is 5.65. The standard InChI is InChI=1S/C14H22N2O2/c1-10(2)13(15)14(17)16-7-8-18-12-6-4-5-11(3)9-12/h4-6,9-10,13H,7-8,15H2,1-3H3,(H,16,17). The third kappa shape index (κ3) is 4.75. The van der Waals surface area contributed by atoms with Gasteiger partial charge in [0, 0.05) is 0 Å². The van der Waals surface area contributed by atoms with Gasteiger partial charge in [-0.1, -0.05) is 26.0 Å². The number of hydrogen-bond acceptors (Lipinski definition) is 3. The fourth-order valence-electron chi connectivity index (χ4n) is 1.47. The molecule has 1 aromatic rings. The minimum absolute atomic E-state index is 0.127. The van der Waals surface area contributed by atoms with Crippen LogP contribution in [0.5, 0.6) is 5.75 Å². The van der Waals surface area contributed by atoms with Gasteiger partial charge in [-0.15, -0.1) is 0 Å². The van der Waals surface area contributed by atoms with Crippen LogP contribution in [0.3, 0.4) is 0 Å². The van der Waals surface area contributed by atoms with Gasteiger partial charge in [-0.2, -0.15) is 0 Å². The number of nitrogens with one attached hydrogen (secondary N) is 1. The summed E-state index contributed by atoms with van der Waals surface area (Å²) in [6.45, 7) is 6.77. The van der Waals surface area contributed by atoms with Crippen LogP contribution in [0.4, 0.5) is 0 Å². The number of ether oxygens (including phenoxy) is 1. The highest BCUT2D eigenvalue weighted by Crippen LogP contribution is 2.11. The molecule has 4 nitrogen and oxygen atoms in total. The first kappa shape index (κ1) is 14.5. The van der Waals surface area contributed by atoms with Crippen molar-refractivity contribution in [3.63, 3.8) is 0 Å². The summed E-state index contributed by atoms with van der Waals surface area (Å²) in [7, 11) is 0. The van der Waals surface area contributed by atoms with E-state index in [-0.39, 0.29) is 11.8 Å². The summed E-state index contributed by atoms with van der Waals surface area (Å²) in [6, 6.07) is 7.36. The van der Waals surface area contributed by atoms with Crippen molar-refractivity contribution in [2.45, 2.75) is 26.8 Å². The zero-order valence-corrected chi connectivity index (χ0v) is 11.3. The molecule has 0 heterocycles. The monoisotopic (exact) mass is 250 g/mol. The van der Waals surface area contributed by atoms with Crippen molar-refractivity contribution in [3.8, 4) is 5.75 Å². The zero-order valence-electron chi connectivity index (χ0n) is 11.3. The van der Waals surface area contributed by atoms with Gasteiger partial charge in [-0.3, -0.25) is 4.79 Å². The maximum Gasteiger partial charge on any atom is 0.237 e. The van der Waals surface area contributed by atoms with Gasteiger partial charge in [-0.25, -0.2) is 0 Å². The molecule has 4 heteroatoms. The minimum atomic E-state index is -0.455. The van der Waals surface area contributed by atoms with Crippen molar-refractivity contribution in [1.29, 1.82) is 0 Å². The quantitative estimate of drug-likeness (QED) is 0.751. The van der Waals surface area contributed by atoms with Crippen molar-refractivity contribution in [3.05, 3.63) is 29.8 Å². The molecule has 0 radical (unpaired) electrons. The summed E-state index contributed by atoms with van der Waals surface area (Å²) in [4.78, 5) is 11.6. The second-order valence-corrected chi connectivity index (χ2v) is 4.73. The van der Waals surface area contributed by atoms with E-state index >= 15 is 0 Å². The molecule has 0 aromatic heterocycles. The van der Waals surface area contributed by atoms with Gasteiger partial charge in [0.25, 0.3) is 0 Å². The van der Waals surface area contributed by atoms with Gasteiger partial charge in [0.05, 0.1) is 12.6 Å². The number of benzene rings is 1. The second kappa shape index (κ2) is 7.01. The lowest BCUT2D eigenvalue weighted by Crippen LogP contribution is -2.45. The Morgan fingerprint density at radius 3 is 2.78 bits per heavy atom. The topological polar surface area (TPSA) is 64.3 Å². The van der Waals surface area contributed by atoms with Gasteiger partial charge in [0.2, 0.25) is 5.91 Å². The van der Waals surface area contributed by atoms with Crippen LogP contribution < -0.4 is 15.8 Å². The molecule has 100 valence electrons. The van der Waals surface area contributed by atoms with E-state index in [0.717, 1.165) is 11.3 Å². The average molecular weight is 250 g/mol. The first-order valence-corrected chi connectivity index (χ1v) is 6.23. The lowest BCUT2D eigenvalue weighted by atomic mass is 10.1. The molecule has 1 rings (SSSR count). The maximum atomic E-state index is 11.6. The Bertz CT molecular complexity index is 391. The molecule has 18 heavy (non-hydrogen) atoms. The third-order valence-electron chi connectivity index (χ3n) is 2.68. The van der Waals surface area contributed by atoms with Crippen molar-refractivity contribution in [2.75, 3.05) is 13.2 Å². The Hall–Kier alpha value is -1.55. The number of carbonyl (C=O) groups excluding carboxylic acids is 1. The van der Waals surface area contributed by atoms with Crippen LogP contribution in [0.25, 0.3) is 0 Å². The molecule has 0 bridgehead atoms. The number of rotatable bonds is 6. The molecule has 0 spiro atoms. The molecule has 0 aliphatic rings. The smallest absolute Gasteiger partial charge is 0.237 e. The Labute approximate surface area is 109 Å². The van der Waals surface area contributed by atoms with Gasteiger partial charge in [-0.05, 0) is 30.5 Å². The number of amides is 1. The van der Waals surface area contributed by atoms with Crippen LogP contribution in [0.15, 0.2) is 24.3 Å². The molecule has 1 unspecified atom stereocenters. The highest BCUT2D eigenvalue weighted by Gasteiger charge is 2.16. The van der Waals surface area contributed by atoms with E-state index in [2.05, 4.69) is 5.32 Å². The summed E-state index contributed by atoms with van der Waals surface area (Å²) >= 11 is 0. The van der Waals surface area contributed by atoms with Crippen LogP contribution in [0.1, 0.15) is 19.4 Å². The predicted molar refractivity (Wildman–Crippen MR) is 72.5 cm³/mol. The van der Waals surface area contributed by atoms with E-state index in [0.29, 0.717) is 13.2 Å². The van der Waals surface area contributed by atoms with E-state index < -0.39 is 6.04 Å². The minimum Gasteiger partial charge on any atom is -0.492 e. The molecule has 0 aliphatic carbocycles. The van der Waals surface area contributed by atoms with Crippen LogP contribution >= 0.6 is 0 Å². The van der Waals surface area contributed by atoms with E-state index in [1.165, 1.54) is 0 Å². The Morgan fingerprint density at radius 2 is 2.17 bits per heavy atom. The Balaban J connectivity index is 2.25. The highest BCUT2D eigenvalue weighted by atomic mass is 16.5. The molecule has 1 atom stereocenters. The maximum absolute atomic E-state index is 11.6. The number of hydrogen-bond donors (Lipinski definition) is 2. The molecule has 0 aliphatic heterocycles. The van der Waals surface area contributed by atoms with Crippen molar-refractivity contribution < 1.29 is 9.53 Å². The van der Waals surface area contributed by atoms with Crippen LogP contribution in [-0.2, 0) is 4.79 Å². The average Bonchev–Trinajstić information content (AvgIpc) is 2.33. The van der Waals surface area contributed by atoms with E-state index in [4.69, 9.17) is 10.5 Å². The summed E-state index contributed by atoms with van der Waals surface area (Å²) < 4.78 is 5.52. The van der Waals surface area contributed by atoms with Gasteiger partial charge >= 0.3 is 0 Å². The highest BCUT2D eigenvalue weighted by molar-refractivity contribution is 5.81. The third-order valence-corrected chi connectivity index (χ3v) is 2.68. The molecule has 0 saturated carbocycles. The van der Waals surface area contributed by atoms with Crippen molar-refractivity contribution in [1.82, 2.24) is 5.32 Å². The largest absolute Gasteiger partial charge is 0.492 e. The van der Waals surface area contributed by atoms with Gasteiger partial charge < -0.3 is 15.8 Å². The number of aryl methyl sites for hydroxylation is 1. The lowest BCUT2D eigenvalue weighted by molar-refractivity contribution is -0.123. The summed E-state index contributed by atoms with van der Waals surface area (Å²) in [5.74, 6) is 0.831. The fourth-order valence-corrected chi connectivity index (χ4v) is 1.47.